The summed E-state index contributed by atoms with van der Waals surface area (Å²) in [5.74, 6) is 0.605. The summed E-state index contributed by atoms with van der Waals surface area (Å²) in [4.78, 5) is 16.5. The van der Waals surface area contributed by atoms with Gasteiger partial charge in [0.15, 0.2) is 0 Å². The molecule has 0 saturated carbocycles. The first-order valence-electron chi connectivity index (χ1n) is 9.40. The molecule has 26 heavy (non-hydrogen) atoms. The number of nitrogens with zero attached hydrogens (tertiary/aromatic N) is 2. The van der Waals surface area contributed by atoms with Crippen LogP contribution in [0.2, 0.25) is 0 Å². The second-order valence-electron chi connectivity index (χ2n) is 6.59. The summed E-state index contributed by atoms with van der Waals surface area (Å²) >= 11 is 0. The number of allylic oxidation sites excluding steroid dienone is 1. The van der Waals surface area contributed by atoms with E-state index in [1.54, 1.807) is 10.5 Å². The van der Waals surface area contributed by atoms with E-state index in [2.05, 4.69) is 17.2 Å². The average Bonchev–Trinajstić information content (AvgIpc) is 2.64. The minimum Gasteiger partial charge on any atom is -0.415 e. The predicted molar refractivity (Wildman–Crippen MR) is 101 cm³/mol. The van der Waals surface area contributed by atoms with E-state index >= 15 is 0 Å². The molecule has 0 unspecified atom stereocenters. The van der Waals surface area contributed by atoms with Crippen LogP contribution >= 0.6 is 0 Å². The fourth-order valence-electron chi connectivity index (χ4n) is 3.17. The molecule has 0 spiro atoms. The van der Waals surface area contributed by atoms with Crippen molar-refractivity contribution in [3.05, 3.63) is 46.9 Å². The number of fused-ring (bicyclic) bond motifs is 2. The lowest BCUT2D eigenvalue weighted by Crippen LogP contribution is -2.27. The number of carbonyl (C=O) groups is 1. The zero-order chi connectivity index (χ0) is 18.4. The Morgan fingerprint density at radius 3 is 2.96 bits per heavy atom. The van der Waals surface area contributed by atoms with Crippen LogP contribution in [-0.2, 0) is 11.2 Å². The number of aromatic nitrogens is 2. The summed E-state index contributed by atoms with van der Waals surface area (Å²) in [6.07, 6.45) is 10.2. The molecule has 2 N–H and O–H groups in total. The van der Waals surface area contributed by atoms with Crippen LogP contribution in [0.5, 0.6) is 0 Å². The van der Waals surface area contributed by atoms with Gasteiger partial charge in [-0.3, -0.25) is 9.81 Å². The highest BCUT2D eigenvalue weighted by atomic mass is 16.6. The molecule has 0 fully saturated rings. The first-order chi connectivity index (χ1) is 12.7. The van der Waals surface area contributed by atoms with Crippen molar-refractivity contribution < 1.29 is 9.53 Å². The normalized spacial score (nSPS) is 13.2. The third-order valence-corrected chi connectivity index (χ3v) is 4.60. The Labute approximate surface area is 153 Å². The number of amides is 1. The standard InChI is InChI=1S/C20H26N4O2/c1-2-3-4-5-7-12-22-20(25)26-15-10-11-16-17(14-15)23-18-9-6-8-13-24(18)19(16)21/h6,8-9,13-14,21H,2-5,7,10-12H2,1H3,(H,22,25). The molecule has 2 heterocycles. The van der Waals surface area contributed by atoms with Gasteiger partial charge in [0.25, 0.3) is 0 Å². The minimum absolute atomic E-state index is 0.406. The fourth-order valence-corrected chi connectivity index (χ4v) is 3.17. The van der Waals surface area contributed by atoms with Crippen molar-refractivity contribution in [2.24, 2.45) is 0 Å². The Balaban J connectivity index is 1.61. The van der Waals surface area contributed by atoms with Gasteiger partial charge in [0.05, 0.1) is 5.69 Å². The zero-order valence-corrected chi connectivity index (χ0v) is 15.3. The average molecular weight is 354 g/mol. The lowest BCUT2D eigenvalue weighted by Gasteiger charge is -2.17. The van der Waals surface area contributed by atoms with Gasteiger partial charge in [0, 0.05) is 30.8 Å². The van der Waals surface area contributed by atoms with Crippen LogP contribution in [0.3, 0.4) is 0 Å². The maximum atomic E-state index is 12.0. The van der Waals surface area contributed by atoms with Gasteiger partial charge >= 0.3 is 6.09 Å². The highest BCUT2D eigenvalue weighted by molar-refractivity contribution is 5.70. The number of alkyl carbamates (subject to hydrolysis) is 1. The van der Waals surface area contributed by atoms with E-state index in [0.717, 1.165) is 24.1 Å². The van der Waals surface area contributed by atoms with E-state index in [0.29, 0.717) is 36.3 Å². The van der Waals surface area contributed by atoms with Crippen LogP contribution in [0.4, 0.5) is 4.79 Å². The highest BCUT2D eigenvalue weighted by Gasteiger charge is 2.18. The minimum atomic E-state index is -0.406. The van der Waals surface area contributed by atoms with E-state index in [9.17, 15) is 4.79 Å². The number of pyridine rings is 1. The summed E-state index contributed by atoms with van der Waals surface area (Å²) in [5.41, 5.74) is 2.76. The molecule has 0 aromatic carbocycles. The summed E-state index contributed by atoms with van der Waals surface area (Å²) in [6, 6.07) is 5.65. The molecule has 6 nitrogen and oxygen atoms in total. The second-order valence-corrected chi connectivity index (χ2v) is 6.59. The van der Waals surface area contributed by atoms with Crippen LogP contribution in [0.1, 0.15) is 56.7 Å². The third-order valence-electron chi connectivity index (χ3n) is 4.60. The number of carbonyl (C=O) groups excluding carboxylic acids is 1. The molecule has 3 rings (SSSR count). The smallest absolute Gasteiger partial charge is 0.412 e. The molecule has 0 aliphatic heterocycles. The van der Waals surface area contributed by atoms with Crippen molar-refractivity contribution >= 4 is 17.8 Å². The predicted octanol–water partition coefficient (Wildman–Crippen LogP) is 3.80. The van der Waals surface area contributed by atoms with Gasteiger partial charge in [0.2, 0.25) is 0 Å². The molecule has 1 aliphatic rings. The lowest BCUT2D eigenvalue weighted by atomic mass is 10.0. The molecular weight excluding hydrogens is 328 g/mol. The van der Waals surface area contributed by atoms with Gasteiger partial charge in [-0.2, -0.15) is 0 Å². The molecule has 0 radical (unpaired) electrons. The first kappa shape index (κ1) is 18.2. The van der Waals surface area contributed by atoms with Crippen LogP contribution < -0.4 is 10.8 Å². The van der Waals surface area contributed by atoms with E-state index in [1.165, 1.54) is 19.3 Å². The van der Waals surface area contributed by atoms with Crippen LogP contribution in [0.25, 0.3) is 11.7 Å². The van der Waals surface area contributed by atoms with E-state index in [-0.39, 0.29) is 0 Å². The second kappa shape index (κ2) is 8.65. The Hall–Kier alpha value is -2.63. The maximum Gasteiger partial charge on any atom is 0.412 e. The summed E-state index contributed by atoms with van der Waals surface area (Å²) in [6.45, 7) is 2.83. The Kier molecular flexibility index (Phi) is 6.04. The largest absolute Gasteiger partial charge is 0.415 e. The molecule has 0 atom stereocenters. The number of nitrogens with one attached hydrogen (secondary N) is 2. The third kappa shape index (κ3) is 4.31. The van der Waals surface area contributed by atoms with Crippen molar-refractivity contribution in [3.63, 3.8) is 0 Å². The molecule has 1 aliphatic carbocycles. The Morgan fingerprint density at radius 2 is 2.12 bits per heavy atom. The van der Waals surface area contributed by atoms with E-state index in [1.807, 2.05) is 24.4 Å². The van der Waals surface area contributed by atoms with E-state index in [4.69, 9.17) is 10.1 Å². The van der Waals surface area contributed by atoms with Crippen molar-refractivity contribution in [2.45, 2.75) is 51.9 Å². The van der Waals surface area contributed by atoms with Gasteiger partial charge in [-0.15, -0.1) is 0 Å². The summed E-state index contributed by atoms with van der Waals surface area (Å²) in [5, 5.41) is 11.2. The lowest BCUT2D eigenvalue weighted by molar-refractivity contribution is 0.173. The van der Waals surface area contributed by atoms with Crippen LogP contribution in [0, 0.1) is 5.41 Å². The highest BCUT2D eigenvalue weighted by Crippen LogP contribution is 2.21. The molecule has 0 saturated heterocycles. The van der Waals surface area contributed by atoms with Crippen molar-refractivity contribution in [3.8, 4) is 0 Å². The number of hydrogen-bond donors (Lipinski definition) is 2. The van der Waals surface area contributed by atoms with E-state index < -0.39 is 6.09 Å². The number of unbranched alkanes of at least 4 members (excludes halogenated alkanes) is 4. The van der Waals surface area contributed by atoms with Gasteiger partial charge in [-0.1, -0.05) is 38.7 Å². The van der Waals surface area contributed by atoms with Crippen molar-refractivity contribution in [1.82, 2.24) is 14.7 Å². The molecule has 1 amide bonds. The molecule has 2 aromatic rings. The molecule has 0 bridgehead atoms. The Bertz CT molecular complexity index is 870. The zero-order valence-electron chi connectivity index (χ0n) is 15.3. The van der Waals surface area contributed by atoms with Crippen LogP contribution in [-0.4, -0.2) is 22.0 Å². The van der Waals surface area contributed by atoms with Gasteiger partial charge in [-0.25, -0.2) is 9.78 Å². The van der Waals surface area contributed by atoms with Crippen molar-refractivity contribution in [2.75, 3.05) is 6.54 Å². The number of ether oxygens (including phenoxy) is 1. The number of hydrogen-bond acceptors (Lipinski definition) is 4. The maximum absolute atomic E-state index is 12.0. The SMILES string of the molecule is CCCCCCCNC(=O)OC1=Cc2nc3ccccn3c(=N)c2CC1. The quantitative estimate of drug-likeness (QED) is 0.742. The molecule has 6 heteroatoms. The number of rotatable bonds is 7. The first-order valence-corrected chi connectivity index (χ1v) is 9.40. The van der Waals surface area contributed by atoms with Gasteiger partial charge < -0.3 is 10.1 Å². The van der Waals surface area contributed by atoms with Gasteiger partial charge in [0.1, 0.15) is 16.9 Å². The topological polar surface area (TPSA) is 79.5 Å². The summed E-state index contributed by atoms with van der Waals surface area (Å²) < 4.78 is 7.20. The molecular formula is C20H26N4O2. The van der Waals surface area contributed by atoms with Crippen LogP contribution in [0.15, 0.2) is 30.2 Å². The molecule has 2 aromatic heterocycles. The Morgan fingerprint density at radius 1 is 1.27 bits per heavy atom. The summed E-state index contributed by atoms with van der Waals surface area (Å²) in [7, 11) is 0. The molecule has 138 valence electrons. The van der Waals surface area contributed by atoms with Crippen molar-refractivity contribution in [1.29, 1.82) is 5.41 Å². The fraction of sp³-hybridized carbons (Fsp3) is 0.450. The van der Waals surface area contributed by atoms with Gasteiger partial charge in [-0.05, 0) is 25.0 Å². The monoisotopic (exact) mass is 354 g/mol.